The molecule has 3 rings (SSSR count). The molecule has 2 amide bonds. The number of hydrogen-bond donors (Lipinski definition) is 3. The SMILES string of the molecule is CC(N)C1CCC(C(=O)Nc2ccnc3c2C(=O)C(=O)N3)CC1. The lowest BCUT2D eigenvalue weighted by atomic mass is 9.79. The molecule has 1 fully saturated rings. The van der Waals surface area contributed by atoms with Gasteiger partial charge in [0, 0.05) is 18.2 Å². The van der Waals surface area contributed by atoms with Gasteiger partial charge in [0.05, 0.1) is 11.3 Å². The molecule has 2 heterocycles. The molecule has 1 aliphatic heterocycles. The molecular formula is C16H20N4O3. The molecule has 1 aromatic heterocycles. The Morgan fingerprint density at radius 3 is 2.70 bits per heavy atom. The minimum Gasteiger partial charge on any atom is -0.328 e. The van der Waals surface area contributed by atoms with E-state index in [1.54, 1.807) is 6.07 Å². The molecule has 0 bridgehead atoms. The van der Waals surface area contributed by atoms with Crippen LogP contribution in [0.5, 0.6) is 0 Å². The van der Waals surface area contributed by atoms with Crippen LogP contribution < -0.4 is 16.4 Å². The molecule has 122 valence electrons. The van der Waals surface area contributed by atoms with Crippen molar-refractivity contribution in [1.82, 2.24) is 4.98 Å². The van der Waals surface area contributed by atoms with Crippen LogP contribution in [0.1, 0.15) is 43.0 Å². The Morgan fingerprint density at radius 2 is 2.04 bits per heavy atom. The summed E-state index contributed by atoms with van der Waals surface area (Å²) in [6, 6.07) is 1.69. The van der Waals surface area contributed by atoms with Crippen molar-refractivity contribution in [3.05, 3.63) is 17.8 Å². The molecule has 7 nitrogen and oxygen atoms in total. The molecule has 7 heteroatoms. The number of pyridine rings is 1. The van der Waals surface area contributed by atoms with Gasteiger partial charge in [-0.1, -0.05) is 0 Å². The van der Waals surface area contributed by atoms with E-state index in [1.165, 1.54) is 6.20 Å². The average molecular weight is 316 g/mol. The van der Waals surface area contributed by atoms with Gasteiger partial charge in [0.1, 0.15) is 5.82 Å². The third-order valence-corrected chi connectivity index (χ3v) is 4.76. The second-order valence-corrected chi connectivity index (χ2v) is 6.33. The highest BCUT2D eigenvalue weighted by Crippen LogP contribution is 2.32. The van der Waals surface area contributed by atoms with E-state index in [0.29, 0.717) is 11.6 Å². The van der Waals surface area contributed by atoms with Crippen molar-refractivity contribution in [3.63, 3.8) is 0 Å². The number of rotatable bonds is 3. The summed E-state index contributed by atoms with van der Waals surface area (Å²) in [7, 11) is 0. The van der Waals surface area contributed by atoms with E-state index in [9.17, 15) is 14.4 Å². The Bertz CT molecular complexity index is 663. The van der Waals surface area contributed by atoms with Gasteiger partial charge in [-0.05, 0) is 44.6 Å². The van der Waals surface area contributed by atoms with Crippen molar-refractivity contribution in [3.8, 4) is 0 Å². The lowest BCUT2D eigenvalue weighted by molar-refractivity contribution is -0.121. The lowest BCUT2D eigenvalue weighted by Gasteiger charge is -2.30. The van der Waals surface area contributed by atoms with Crippen molar-refractivity contribution in [2.45, 2.75) is 38.6 Å². The lowest BCUT2D eigenvalue weighted by Crippen LogP contribution is -2.34. The minimum absolute atomic E-state index is 0.0889. The average Bonchev–Trinajstić information content (AvgIpc) is 2.83. The van der Waals surface area contributed by atoms with Crippen molar-refractivity contribution in [2.75, 3.05) is 10.6 Å². The number of nitrogens with zero attached hydrogens (tertiary/aromatic N) is 1. The molecule has 0 aromatic carbocycles. The zero-order valence-electron chi connectivity index (χ0n) is 13.0. The van der Waals surface area contributed by atoms with E-state index in [4.69, 9.17) is 5.73 Å². The monoisotopic (exact) mass is 316 g/mol. The van der Waals surface area contributed by atoms with E-state index in [2.05, 4.69) is 15.6 Å². The van der Waals surface area contributed by atoms with Crippen molar-refractivity contribution >= 4 is 29.1 Å². The number of amides is 2. The van der Waals surface area contributed by atoms with E-state index in [1.807, 2.05) is 6.92 Å². The van der Waals surface area contributed by atoms with E-state index >= 15 is 0 Å². The number of anilines is 2. The van der Waals surface area contributed by atoms with Crippen LogP contribution in [-0.4, -0.2) is 28.6 Å². The largest absolute Gasteiger partial charge is 0.328 e. The highest BCUT2D eigenvalue weighted by atomic mass is 16.2. The van der Waals surface area contributed by atoms with E-state index in [0.717, 1.165) is 25.7 Å². The second kappa shape index (κ2) is 6.08. The van der Waals surface area contributed by atoms with E-state index in [-0.39, 0.29) is 29.2 Å². The molecule has 4 N–H and O–H groups in total. The number of hydrogen-bond acceptors (Lipinski definition) is 5. The smallest absolute Gasteiger partial charge is 0.298 e. The fraction of sp³-hybridized carbons (Fsp3) is 0.500. The number of fused-ring (bicyclic) bond motifs is 1. The number of carbonyl (C=O) groups is 3. The standard InChI is InChI=1S/C16H20N4O3/c1-8(17)9-2-4-10(5-3-9)15(22)19-11-6-7-18-14-12(11)13(21)16(23)20-14/h6-10H,2-5,17H2,1H3,(H2,18,19,20,21,22,23). The van der Waals surface area contributed by atoms with Crippen LogP contribution in [0.4, 0.5) is 11.5 Å². The maximum absolute atomic E-state index is 12.5. The maximum atomic E-state index is 12.5. The number of nitrogens with one attached hydrogen (secondary N) is 2. The molecule has 23 heavy (non-hydrogen) atoms. The van der Waals surface area contributed by atoms with Gasteiger partial charge in [-0.25, -0.2) is 4.98 Å². The van der Waals surface area contributed by atoms with E-state index < -0.39 is 11.7 Å². The first-order valence-corrected chi connectivity index (χ1v) is 7.88. The molecule has 1 atom stereocenters. The molecule has 0 spiro atoms. The van der Waals surface area contributed by atoms with Crippen LogP contribution in [0.2, 0.25) is 0 Å². The fourth-order valence-corrected chi connectivity index (χ4v) is 3.31. The highest BCUT2D eigenvalue weighted by Gasteiger charge is 2.33. The Balaban J connectivity index is 1.70. The van der Waals surface area contributed by atoms with Gasteiger partial charge in [-0.3, -0.25) is 14.4 Å². The molecule has 2 aliphatic rings. The van der Waals surface area contributed by atoms with Crippen LogP contribution in [0, 0.1) is 11.8 Å². The molecule has 1 unspecified atom stereocenters. The van der Waals surface area contributed by atoms with Crippen LogP contribution >= 0.6 is 0 Å². The first kappa shape index (κ1) is 15.6. The number of aromatic nitrogens is 1. The normalized spacial score (nSPS) is 24.8. The Labute approximate surface area is 134 Å². The molecule has 1 aromatic rings. The van der Waals surface area contributed by atoms with Crippen LogP contribution in [-0.2, 0) is 9.59 Å². The van der Waals surface area contributed by atoms with Crippen molar-refractivity contribution < 1.29 is 14.4 Å². The third kappa shape index (κ3) is 2.96. The van der Waals surface area contributed by atoms with Gasteiger partial charge in [0.25, 0.3) is 11.7 Å². The summed E-state index contributed by atoms with van der Waals surface area (Å²) >= 11 is 0. The number of nitrogens with two attached hydrogens (primary N) is 1. The Kier molecular flexibility index (Phi) is 4.12. The van der Waals surface area contributed by atoms with Gasteiger partial charge >= 0.3 is 0 Å². The summed E-state index contributed by atoms with van der Waals surface area (Å²) in [5.74, 6) is -0.913. The quantitative estimate of drug-likeness (QED) is 0.727. The van der Waals surface area contributed by atoms with Gasteiger partial charge in [0.15, 0.2) is 0 Å². The summed E-state index contributed by atoms with van der Waals surface area (Å²) in [6.07, 6.45) is 4.90. The summed E-state index contributed by atoms with van der Waals surface area (Å²) in [5.41, 5.74) is 6.41. The zero-order chi connectivity index (χ0) is 16.6. The summed E-state index contributed by atoms with van der Waals surface area (Å²) in [4.78, 5) is 39.7. The molecule has 0 radical (unpaired) electrons. The Hall–Kier alpha value is -2.28. The predicted molar refractivity (Wildman–Crippen MR) is 84.9 cm³/mol. The highest BCUT2D eigenvalue weighted by molar-refractivity contribution is 6.52. The topological polar surface area (TPSA) is 114 Å². The third-order valence-electron chi connectivity index (χ3n) is 4.76. The van der Waals surface area contributed by atoms with Crippen LogP contribution in [0.3, 0.4) is 0 Å². The van der Waals surface area contributed by atoms with Gasteiger partial charge in [-0.2, -0.15) is 0 Å². The van der Waals surface area contributed by atoms with Gasteiger partial charge in [0.2, 0.25) is 5.91 Å². The maximum Gasteiger partial charge on any atom is 0.298 e. The van der Waals surface area contributed by atoms with Crippen molar-refractivity contribution in [1.29, 1.82) is 0 Å². The van der Waals surface area contributed by atoms with Gasteiger partial charge < -0.3 is 16.4 Å². The van der Waals surface area contributed by atoms with Gasteiger partial charge in [-0.15, -0.1) is 0 Å². The summed E-state index contributed by atoms with van der Waals surface area (Å²) in [5, 5.41) is 5.18. The summed E-state index contributed by atoms with van der Waals surface area (Å²) < 4.78 is 0. The fourth-order valence-electron chi connectivity index (χ4n) is 3.31. The van der Waals surface area contributed by atoms with Crippen molar-refractivity contribution in [2.24, 2.45) is 17.6 Å². The predicted octanol–water partition coefficient (Wildman–Crippen LogP) is 1.31. The molecule has 1 aliphatic carbocycles. The zero-order valence-corrected chi connectivity index (χ0v) is 13.0. The Morgan fingerprint density at radius 1 is 1.35 bits per heavy atom. The number of Topliss-reactive ketones (excluding diaryl/α,β-unsaturated/α-hetero) is 1. The number of ketones is 1. The molecule has 1 saturated carbocycles. The second-order valence-electron chi connectivity index (χ2n) is 6.33. The first-order chi connectivity index (χ1) is 11.0. The van der Waals surface area contributed by atoms with Crippen LogP contribution in [0.15, 0.2) is 12.3 Å². The first-order valence-electron chi connectivity index (χ1n) is 7.88. The van der Waals surface area contributed by atoms with Crippen LogP contribution in [0.25, 0.3) is 0 Å². The molecule has 0 saturated heterocycles. The number of carbonyl (C=O) groups excluding carboxylic acids is 3. The molecular weight excluding hydrogens is 296 g/mol. The minimum atomic E-state index is -0.716. The summed E-state index contributed by atoms with van der Waals surface area (Å²) in [6.45, 7) is 2.00.